The fourth-order valence-corrected chi connectivity index (χ4v) is 2.34. The van der Waals surface area contributed by atoms with Gasteiger partial charge in [0.25, 0.3) is 0 Å². The van der Waals surface area contributed by atoms with Crippen molar-refractivity contribution in [1.82, 2.24) is 0 Å². The highest BCUT2D eigenvalue weighted by atomic mass is 16.5. The molecular weight excluding hydrogens is 228 g/mol. The molecule has 0 radical (unpaired) electrons. The molecule has 1 aromatic rings. The number of methoxy groups -OCH3 is 2. The molecule has 2 rings (SSSR count). The normalized spacial score (nSPS) is 16.9. The van der Waals surface area contributed by atoms with Crippen molar-refractivity contribution in [1.29, 1.82) is 0 Å². The second-order valence-corrected chi connectivity index (χ2v) is 4.56. The molecule has 4 heteroatoms. The van der Waals surface area contributed by atoms with Gasteiger partial charge >= 0.3 is 0 Å². The number of ether oxygens (including phenoxy) is 2. The predicted octanol–water partition coefficient (Wildman–Crippen LogP) is 2.88. The highest BCUT2D eigenvalue weighted by molar-refractivity contribution is 5.86. The number of nitrogens with zero attached hydrogens (tertiary/aromatic N) is 1. The molecule has 2 N–H and O–H groups in total. The lowest BCUT2D eigenvalue weighted by molar-refractivity contribution is 0.404. The van der Waals surface area contributed by atoms with E-state index in [1.807, 2.05) is 18.2 Å². The van der Waals surface area contributed by atoms with E-state index in [4.69, 9.17) is 15.2 Å². The quantitative estimate of drug-likeness (QED) is 0.658. The average Bonchev–Trinajstić information content (AvgIpc) is 2.92. The van der Waals surface area contributed by atoms with E-state index in [0.717, 1.165) is 30.0 Å². The fourth-order valence-electron chi connectivity index (χ4n) is 2.34. The van der Waals surface area contributed by atoms with Crippen LogP contribution in [0, 0.1) is 5.92 Å². The number of amidine groups is 1. The lowest BCUT2D eigenvalue weighted by atomic mass is 10.1. The Morgan fingerprint density at radius 2 is 1.94 bits per heavy atom. The summed E-state index contributed by atoms with van der Waals surface area (Å²) in [6, 6.07) is 5.55. The van der Waals surface area contributed by atoms with Crippen LogP contribution in [0.4, 0.5) is 5.69 Å². The van der Waals surface area contributed by atoms with E-state index in [9.17, 15) is 0 Å². The average molecular weight is 248 g/mol. The first-order valence-electron chi connectivity index (χ1n) is 6.30. The van der Waals surface area contributed by atoms with Gasteiger partial charge in [0.1, 0.15) is 23.0 Å². The molecule has 98 valence electrons. The third kappa shape index (κ3) is 2.75. The predicted molar refractivity (Wildman–Crippen MR) is 72.8 cm³/mol. The third-order valence-corrected chi connectivity index (χ3v) is 3.41. The van der Waals surface area contributed by atoms with Crippen LogP contribution in [0.1, 0.15) is 25.7 Å². The van der Waals surface area contributed by atoms with Crippen LogP contribution in [0.3, 0.4) is 0 Å². The standard InChI is InChI=1S/C14H20N2O2/c1-17-11-7-8-13(18-2)12(9-11)16-14(15)10-5-3-4-6-10/h7-10H,3-6H2,1-2H3,(H2,15,16). The first-order valence-corrected chi connectivity index (χ1v) is 6.30. The summed E-state index contributed by atoms with van der Waals surface area (Å²) in [5.74, 6) is 2.60. The number of nitrogens with two attached hydrogens (primary N) is 1. The molecule has 1 aliphatic rings. The van der Waals surface area contributed by atoms with Crippen LogP contribution in [-0.2, 0) is 0 Å². The molecule has 1 fully saturated rings. The fraction of sp³-hybridized carbons (Fsp3) is 0.500. The van der Waals surface area contributed by atoms with Gasteiger partial charge in [0.2, 0.25) is 0 Å². The Morgan fingerprint density at radius 3 is 2.56 bits per heavy atom. The molecule has 4 nitrogen and oxygen atoms in total. The summed E-state index contributed by atoms with van der Waals surface area (Å²) in [5.41, 5.74) is 6.82. The Bertz CT molecular complexity index is 437. The van der Waals surface area contributed by atoms with E-state index in [0.29, 0.717) is 11.8 Å². The van der Waals surface area contributed by atoms with Crippen LogP contribution in [0.5, 0.6) is 11.5 Å². The van der Waals surface area contributed by atoms with E-state index in [-0.39, 0.29) is 0 Å². The van der Waals surface area contributed by atoms with Gasteiger partial charge in [-0.25, -0.2) is 4.99 Å². The van der Waals surface area contributed by atoms with Gasteiger partial charge in [-0.3, -0.25) is 0 Å². The van der Waals surface area contributed by atoms with Gasteiger partial charge in [0.15, 0.2) is 0 Å². The maximum Gasteiger partial charge on any atom is 0.144 e. The maximum atomic E-state index is 6.08. The first-order chi connectivity index (χ1) is 8.74. The number of hydrogen-bond donors (Lipinski definition) is 1. The minimum atomic E-state index is 0.418. The number of rotatable bonds is 4. The summed E-state index contributed by atoms with van der Waals surface area (Å²) >= 11 is 0. The molecule has 0 atom stereocenters. The molecule has 0 aliphatic heterocycles. The highest BCUT2D eigenvalue weighted by Crippen LogP contribution is 2.33. The van der Waals surface area contributed by atoms with Crippen molar-refractivity contribution in [2.24, 2.45) is 16.6 Å². The van der Waals surface area contributed by atoms with Gasteiger partial charge < -0.3 is 15.2 Å². The smallest absolute Gasteiger partial charge is 0.144 e. The molecule has 0 unspecified atom stereocenters. The van der Waals surface area contributed by atoms with E-state index < -0.39 is 0 Å². The molecule has 0 aromatic heterocycles. The summed E-state index contributed by atoms with van der Waals surface area (Å²) in [6.45, 7) is 0. The minimum Gasteiger partial charge on any atom is -0.497 e. The monoisotopic (exact) mass is 248 g/mol. The Hall–Kier alpha value is -1.71. The van der Waals surface area contributed by atoms with Crippen LogP contribution in [0.2, 0.25) is 0 Å². The molecule has 1 aromatic carbocycles. The Kier molecular flexibility index (Phi) is 4.07. The van der Waals surface area contributed by atoms with E-state index >= 15 is 0 Å². The molecule has 0 spiro atoms. The van der Waals surface area contributed by atoms with Crippen molar-refractivity contribution in [3.8, 4) is 11.5 Å². The molecule has 0 amide bonds. The van der Waals surface area contributed by atoms with Crippen molar-refractivity contribution in [2.45, 2.75) is 25.7 Å². The molecule has 18 heavy (non-hydrogen) atoms. The van der Waals surface area contributed by atoms with Gasteiger partial charge in [-0.1, -0.05) is 12.8 Å². The van der Waals surface area contributed by atoms with E-state index in [1.165, 1.54) is 12.8 Å². The second kappa shape index (κ2) is 5.76. The van der Waals surface area contributed by atoms with Crippen molar-refractivity contribution in [3.05, 3.63) is 18.2 Å². The van der Waals surface area contributed by atoms with Crippen LogP contribution >= 0.6 is 0 Å². The molecule has 0 saturated heterocycles. The Labute approximate surface area is 108 Å². The van der Waals surface area contributed by atoms with Crippen molar-refractivity contribution < 1.29 is 9.47 Å². The third-order valence-electron chi connectivity index (χ3n) is 3.41. The Morgan fingerprint density at radius 1 is 1.22 bits per heavy atom. The zero-order valence-electron chi connectivity index (χ0n) is 11.0. The molecule has 0 bridgehead atoms. The number of aliphatic imine (C=N–C) groups is 1. The lowest BCUT2D eigenvalue weighted by Crippen LogP contribution is -2.20. The highest BCUT2D eigenvalue weighted by Gasteiger charge is 2.19. The number of benzene rings is 1. The summed E-state index contributed by atoms with van der Waals surface area (Å²) < 4.78 is 10.5. The van der Waals surface area contributed by atoms with Gasteiger partial charge in [-0.05, 0) is 25.0 Å². The van der Waals surface area contributed by atoms with Crippen molar-refractivity contribution in [2.75, 3.05) is 14.2 Å². The summed E-state index contributed by atoms with van der Waals surface area (Å²) in [6.07, 6.45) is 4.77. The summed E-state index contributed by atoms with van der Waals surface area (Å²) in [7, 11) is 3.27. The van der Waals surface area contributed by atoms with E-state index in [2.05, 4.69) is 4.99 Å². The van der Waals surface area contributed by atoms with Crippen molar-refractivity contribution >= 4 is 11.5 Å². The lowest BCUT2D eigenvalue weighted by Gasteiger charge is -2.11. The van der Waals surface area contributed by atoms with Gasteiger partial charge in [0, 0.05) is 12.0 Å². The minimum absolute atomic E-state index is 0.418. The zero-order chi connectivity index (χ0) is 13.0. The molecule has 1 aliphatic carbocycles. The topological polar surface area (TPSA) is 56.8 Å². The molecule has 0 heterocycles. The summed E-state index contributed by atoms with van der Waals surface area (Å²) in [5, 5.41) is 0. The number of hydrogen-bond acceptors (Lipinski definition) is 3. The molecule has 1 saturated carbocycles. The summed E-state index contributed by atoms with van der Waals surface area (Å²) in [4.78, 5) is 4.51. The largest absolute Gasteiger partial charge is 0.497 e. The van der Waals surface area contributed by atoms with Crippen LogP contribution in [0.15, 0.2) is 23.2 Å². The van der Waals surface area contributed by atoms with Crippen LogP contribution in [0.25, 0.3) is 0 Å². The van der Waals surface area contributed by atoms with Crippen molar-refractivity contribution in [3.63, 3.8) is 0 Å². The maximum absolute atomic E-state index is 6.08. The first kappa shape index (κ1) is 12.7. The van der Waals surface area contributed by atoms with Crippen LogP contribution < -0.4 is 15.2 Å². The van der Waals surface area contributed by atoms with E-state index in [1.54, 1.807) is 14.2 Å². The SMILES string of the molecule is COc1ccc(OC)c(N=C(N)C2CCCC2)c1. The zero-order valence-corrected chi connectivity index (χ0v) is 11.0. The van der Waals surface area contributed by atoms with Gasteiger partial charge in [0.05, 0.1) is 14.2 Å². The van der Waals surface area contributed by atoms with Crippen LogP contribution in [-0.4, -0.2) is 20.1 Å². The van der Waals surface area contributed by atoms with Gasteiger partial charge in [-0.15, -0.1) is 0 Å². The second-order valence-electron chi connectivity index (χ2n) is 4.56. The molecular formula is C14H20N2O2. The van der Waals surface area contributed by atoms with Gasteiger partial charge in [-0.2, -0.15) is 0 Å². The Balaban J connectivity index is 2.27.